The first-order valence-corrected chi connectivity index (χ1v) is 8.04. The molecule has 2 aliphatic rings. The Labute approximate surface area is 139 Å². The molecule has 0 unspecified atom stereocenters. The van der Waals surface area contributed by atoms with Gasteiger partial charge in [-0.2, -0.15) is 5.26 Å². The fourth-order valence-corrected chi connectivity index (χ4v) is 3.71. The van der Waals surface area contributed by atoms with E-state index in [1.165, 1.54) is 12.4 Å². The van der Waals surface area contributed by atoms with E-state index in [2.05, 4.69) is 22.2 Å². The van der Waals surface area contributed by atoms with Crippen molar-refractivity contribution in [3.05, 3.63) is 36.1 Å². The molecule has 0 radical (unpaired) electrons. The van der Waals surface area contributed by atoms with Crippen LogP contribution in [-0.4, -0.2) is 45.9 Å². The van der Waals surface area contributed by atoms with Crippen LogP contribution in [0.5, 0.6) is 0 Å². The van der Waals surface area contributed by atoms with Gasteiger partial charge >= 0.3 is 5.91 Å². The summed E-state index contributed by atoms with van der Waals surface area (Å²) in [5, 5.41) is 12.3. The highest BCUT2D eigenvalue weighted by Crippen LogP contribution is 2.32. The van der Waals surface area contributed by atoms with E-state index in [0.717, 1.165) is 19.5 Å². The first-order valence-electron chi connectivity index (χ1n) is 8.04. The van der Waals surface area contributed by atoms with Gasteiger partial charge in [-0.3, -0.25) is 4.79 Å². The Hall–Kier alpha value is -2.72. The summed E-state index contributed by atoms with van der Waals surface area (Å²) in [6, 6.07) is 5.98. The van der Waals surface area contributed by atoms with E-state index in [1.54, 1.807) is 12.1 Å². The predicted octanol–water partition coefficient (Wildman–Crippen LogP) is 1.43. The van der Waals surface area contributed by atoms with Gasteiger partial charge in [0.15, 0.2) is 5.76 Å². The quantitative estimate of drug-likeness (QED) is 0.898. The predicted molar refractivity (Wildman–Crippen MR) is 84.8 cm³/mol. The molecule has 0 aliphatic carbocycles. The van der Waals surface area contributed by atoms with Crippen LogP contribution in [0.3, 0.4) is 0 Å². The maximum atomic E-state index is 12.7. The fraction of sp³-hybridized carbons (Fsp3) is 0.412. The molecule has 2 aromatic rings. The number of amides is 1. The number of likely N-dealkylation sites (tertiary alicyclic amines) is 1. The van der Waals surface area contributed by atoms with Gasteiger partial charge in [0, 0.05) is 36.9 Å². The molecule has 122 valence electrons. The number of pyridine rings is 1. The lowest BCUT2D eigenvalue weighted by atomic mass is 9.98. The molecule has 2 saturated heterocycles. The molecule has 2 aromatic heterocycles. The van der Waals surface area contributed by atoms with Crippen molar-refractivity contribution in [1.82, 2.24) is 20.2 Å². The van der Waals surface area contributed by atoms with Gasteiger partial charge in [-0.05, 0) is 31.4 Å². The molecule has 24 heavy (non-hydrogen) atoms. The Morgan fingerprint density at radius 2 is 2.38 bits per heavy atom. The van der Waals surface area contributed by atoms with Crippen LogP contribution in [0.25, 0.3) is 11.3 Å². The maximum Gasteiger partial charge on any atom is 0.310 e. The number of hydrogen-bond donors (Lipinski definition) is 1. The molecule has 0 bridgehead atoms. The van der Waals surface area contributed by atoms with Crippen molar-refractivity contribution in [2.24, 2.45) is 5.92 Å². The number of hydrogen-bond acceptors (Lipinski definition) is 6. The highest BCUT2D eigenvalue weighted by Gasteiger charge is 2.44. The van der Waals surface area contributed by atoms with Crippen LogP contribution < -0.4 is 5.32 Å². The number of carbonyl (C=O) groups excluding carboxylic acids is 1. The topological polar surface area (TPSA) is 95.0 Å². The Morgan fingerprint density at radius 1 is 1.50 bits per heavy atom. The van der Waals surface area contributed by atoms with E-state index in [1.807, 2.05) is 11.0 Å². The molecule has 2 aliphatic heterocycles. The van der Waals surface area contributed by atoms with Crippen molar-refractivity contribution in [2.75, 3.05) is 13.1 Å². The van der Waals surface area contributed by atoms with Crippen LogP contribution in [0.15, 0.2) is 28.9 Å². The first kappa shape index (κ1) is 14.8. The standard InChI is InChI=1S/C17H17N5O2/c1-10-13-3-5-22(14(13)8-20-10)17(23)16-21-9-15(24-16)11-2-4-19-12(6-11)7-18/h2,4,6,9-10,13-14,20H,3,5,8H2,1H3/t10-,13+,14-/m0/s1. The van der Waals surface area contributed by atoms with Gasteiger partial charge in [-0.25, -0.2) is 9.97 Å². The highest BCUT2D eigenvalue weighted by molar-refractivity contribution is 5.90. The average molecular weight is 323 g/mol. The molecule has 1 amide bonds. The third-order valence-corrected chi connectivity index (χ3v) is 5.00. The summed E-state index contributed by atoms with van der Waals surface area (Å²) in [4.78, 5) is 22.7. The van der Waals surface area contributed by atoms with Crippen molar-refractivity contribution < 1.29 is 9.21 Å². The van der Waals surface area contributed by atoms with E-state index >= 15 is 0 Å². The van der Waals surface area contributed by atoms with Gasteiger partial charge in [0.25, 0.3) is 5.89 Å². The minimum absolute atomic E-state index is 0.0977. The van der Waals surface area contributed by atoms with Gasteiger partial charge in [-0.15, -0.1) is 0 Å². The summed E-state index contributed by atoms with van der Waals surface area (Å²) in [7, 11) is 0. The number of aromatic nitrogens is 2. The SMILES string of the molecule is C[C@@H]1NC[C@H]2[C@@H]1CCN2C(=O)c1ncc(-c2ccnc(C#N)c2)o1. The van der Waals surface area contributed by atoms with Crippen LogP contribution in [0.2, 0.25) is 0 Å². The van der Waals surface area contributed by atoms with Gasteiger partial charge in [0.1, 0.15) is 11.8 Å². The van der Waals surface area contributed by atoms with Crippen molar-refractivity contribution in [2.45, 2.75) is 25.4 Å². The Morgan fingerprint density at radius 3 is 3.21 bits per heavy atom. The second kappa shape index (κ2) is 5.73. The molecular weight excluding hydrogens is 306 g/mol. The fourth-order valence-electron chi connectivity index (χ4n) is 3.71. The zero-order valence-corrected chi connectivity index (χ0v) is 13.3. The summed E-state index contributed by atoms with van der Waals surface area (Å²) >= 11 is 0. The molecule has 0 saturated carbocycles. The van der Waals surface area contributed by atoms with Gasteiger partial charge in [0.2, 0.25) is 0 Å². The number of nitrogens with one attached hydrogen (secondary N) is 1. The zero-order valence-electron chi connectivity index (χ0n) is 13.3. The lowest BCUT2D eigenvalue weighted by molar-refractivity contribution is 0.0697. The molecule has 0 aromatic carbocycles. The number of carbonyl (C=O) groups is 1. The summed E-state index contributed by atoms with van der Waals surface area (Å²) < 4.78 is 5.66. The van der Waals surface area contributed by atoms with E-state index in [4.69, 9.17) is 9.68 Å². The monoisotopic (exact) mass is 323 g/mol. The van der Waals surface area contributed by atoms with E-state index in [-0.39, 0.29) is 17.8 Å². The number of oxazole rings is 1. The molecule has 3 atom stereocenters. The summed E-state index contributed by atoms with van der Waals surface area (Å²) in [5.41, 5.74) is 0.980. The van der Waals surface area contributed by atoms with Crippen molar-refractivity contribution in [1.29, 1.82) is 5.26 Å². The number of fused-ring (bicyclic) bond motifs is 1. The number of rotatable bonds is 2. The van der Waals surface area contributed by atoms with Crippen molar-refractivity contribution in [3.63, 3.8) is 0 Å². The molecule has 2 fully saturated rings. The van der Waals surface area contributed by atoms with Gasteiger partial charge in [-0.1, -0.05) is 0 Å². The molecule has 7 nitrogen and oxygen atoms in total. The van der Waals surface area contributed by atoms with E-state index in [0.29, 0.717) is 29.0 Å². The van der Waals surface area contributed by atoms with Crippen LogP contribution in [0, 0.1) is 17.2 Å². The summed E-state index contributed by atoms with van der Waals surface area (Å²) in [6.07, 6.45) is 4.06. The van der Waals surface area contributed by atoms with Crippen LogP contribution in [0.1, 0.15) is 29.7 Å². The van der Waals surface area contributed by atoms with Gasteiger partial charge in [0.05, 0.1) is 6.20 Å². The van der Waals surface area contributed by atoms with Crippen LogP contribution in [-0.2, 0) is 0 Å². The third kappa shape index (κ3) is 2.36. The van der Waals surface area contributed by atoms with E-state index in [9.17, 15) is 4.79 Å². The van der Waals surface area contributed by atoms with Crippen LogP contribution >= 0.6 is 0 Å². The smallest absolute Gasteiger partial charge is 0.310 e. The molecule has 7 heteroatoms. The second-order valence-corrected chi connectivity index (χ2v) is 6.29. The molecule has 4 rings (SSSR count). The largest absolute Gasteiger partial charge is 0.432 e. The highest BCUT2D eigenvalue weighted by atomic mass is 16.4. The Balaban J connectivity index is 1.57. The van der Waals surface area contributed by atoms with Crippen molar-refractivity contribution in [3.8, 4) is 17.4 Å². The number of nitriles is 1. The summed E-state index contributed by atoms with van der Waals surface area (Å²) in [5.74, 6) is 0.896. The minimum Gasteiger partial charge on any atom is -0.432 e. The average Bonchev–Trinajstić information content (AvgIpc) is 3.32. The lowest BCUT2D eigenvalue weighted by Gasteiger charge is -2.21. The van der Waals surface area contributed by atoms with Gasteiger partial charge < -0.3 is 14.6 Å². The lowest BCUT2D eigenvalue weighted by Crippen LogP contribution is -2.39. The third-order valence-electron chi connectivity index (χ3n) is 5.00. The van der Waals surface area contributed by atoms with Crippen molar-refractivity contribution >= 4 is 5.91 Å². The molecular formula is C17H17N5O2. The molecule has 0 spiro atoms. The van der Waals surface area contributed by atoms with Crippen LogP contribution in [0.4, 0.5) is 0 Å². The number of nitrogens with zero attached hydrogens (tertiary/aromatic N) is 4. The first-order chi connectivity index (χ1) is 11.7. The Kier molecular flexibility index (Phi) is 3.54. The summed E-state index contributed by atoms with van der Waals surface area (Å²) in [6.45, 7) is 3.73. The van der Waals surface area contributed by atoms with E-state index < -0.39 is 0 Å². The molecule has 1 N–H and O–H groups in total. The Bertz CT molecular complexity index is 824. The molecule has 4 heterocycles. The second-order valence-electron chi connectivity index (χ2n) is 6.29. The normalized spacial score (nSPS) is 25.5. The maximum absolute atomic E-state index is 12.7. The zero-order chi connectivity index (χ0) is 16.7. The minimum atomic E-state index is -0.167.